The van der Waals surface area contributed by atoms with Crippen LogP contribution in [0.25, 0.3) is 0 Å². The van der Waals surface area contributed by atoms with Gasteiger partial charge in [-0.25, -0.2) is 0 Å². The van der Waals surface area contributed by atoms with E-state index >= 15 is 0 Å². The summed E-state index contributed by atoms with van der Waals surface area (Å²) in [5, 5.41) is 0. The van der Waals surface area contributed by atoms with Crippen molar-refractivity contribution in [2.45, 2.75) is 24.6 Å². The highest BCUT2D eigenvalue weighted by molar-refractivity contribution is 7.81. The van der Waals surface area contributed by atoms with Gasteiger partial charge >= 0.3 is 5.97 Å². The molecule has 0 heterocycles. The summed E-state index contributed by atoms with van der Waals surface area (Å²) in [7, 11) is 1.31. The standard InChI is InChI=1S/C6H13NO2S/c1-6(2,10)4(7)5(8)9-3/h4,10H,7H2,1-3H3. The number of rotatable bonds is 2. The van der Waals surface area contributed by atoms with Crippen LogP contribution in [0.1, 0.15) is 13.8 Å². The smallest absolute Gasteiger partial charge is 0.324 e. The molecular formula is C6H13NO2S. The quantitative estimate of drug-likeness (QED) is 0.451. The molecule has 0 aliphatic heterocycles. The summed E-state index contributed by atoms with van der Waals surface area (Å²) in [6, 6.07) is -0.666. The fourth-order valence-corrected chi connectivity index (χ4v) is 0.521. The maximum atomic E-state index is 10.8. The molecule has 0 aliphatic carbocycles. The van der Waals surface area contributed by atoms with Gasteiger partial charge in [-0.15, -0.1) is 0 Å². The highest BCUT2D eigenvalue weighted by atomic mass is 32.1. The summed E-state index contributed by atoms with van der Waals surface area (Å²) in [6.45, 7) is 3.52. The number of hydrogen-bond acceptors (Lipinski definition) is 4. The minimum atomic E-state index is -0.666. The minimum Gasteiger partial charge on any atom is -0.468 e. The van der Waals surface area contributed by atoms with Crippen LogP contribution in [0.15, 0.2) is 0 Å². The molecule has 0 aromatic heterocycles. The monoisotopic (exact) mass is 163 g/mol. The van der Waals surface area contributed by atoms with Crippen molar-refractivity contribution in [3.63, 3.8) is 0 Å². The number of thiol groups is 1. The van der Waals surface area contributed by atoms with Crippen LogP contribution in [0.5, 0.6) is 0 Å². The van der Waals surface area contributed by atoms with Gasteiger partial charge < -0.3 is 10.5 Å². The van der Waals surface area contributed by atoms with Crippen LogP contribution in [0, 0.1) is 0 Å². The van der Waals surface area contributed by atoms with E-state index in [9.17, 15) is 4.79 Å². The zero-order valence-corrected chi connectivity index (χ0v) is 7.31. The Morgan fingerprint density at radius 3 is 2.20 bits per heavy atom. The molecule has 0 aromatic rings. The number of carbonyl (C=O) groups excluding carboxylic acids is 1. The summed E-state index contributed by atoms with van der Waals surface area (Å²) in [4.78, 5) is 10.8. The molecule has 0 bridgehead atoms. The summed E-state index contributed by atoms with van der Waals surface area (Å²) in [6.07, 6.45) is 0. The minimum absolute atomic E-state index is 0.431. The van der Waals surface area contributed by atoms with E-state index in [-0.39, 0.29) is 0 Å². The molecule has 0 fully saturated rings. The summed E-state index contributed by atoms with van der Waals surface area (Å²) < 4.78 is 3.90. The average Bonchev–Trinajstić information content (AvgIpc) is 1.83. The van der Waals surface area contributed by atoms with Gasteiger partial charge in [0.2, 0.25) is 0 Å². The fraction of sp³-hybridized carbons (Fsp3) is 0.833. The Morgan fingerprint density at radius 2 is 2.10 bits per heavy atom. The summed E-state index contributed by atoms with van der Waals surface area (Å²) in [5.74, 6) is -0.431. The molecule has 0 rings (SSSR count). The Bertz CT molecular complexity index is 130. The first-order valence-electron chi connectivity index (χ1n) is 2.95. The van der Waals surface area contributed by atoms with Gasteiger partial charge in [-0.2, -0.15) is 12.6 Å². The lowest BCUT2D eigenvalue weighted by Gasteiger charge is -2.22. The van der Waals surface area contributed by atoms with Gasteiger partial charge in [0.1, 0.15) is 6.04 Å². The zero-order valence-electron chi connectivity index (χ0n) is 6.42. The van der Waals surface area contributed by atoms with Gasteiger partial charge in [0.25, 0.3) is 0 Å². The van der Waals surface area contributed by atoms with Crippen molar-refractivity contribution in [1.29, 1.82) is 0 Å². The molecule has 3 nitrogen and oxygen atoms in total. The molecule has 60 valence electrons. The zero-order chi connectivity index (χ0) is 8.36. The van der Waals surface area contributed by atoms with Gasteiger partial charge in [0.05, 0.1) is 7.11 Å². The molecule has 0 aromatic carbocycles. The molecule has 0 spiro atoms. The number of hydrogen-bond donors (Lipinski definition) is 2. The van der Waals surface area contributed by atoms with E-state index in [1.54, 1.807) is 13.8 Å². The largest absolute Gasteiger partial charge is 0.468 e. The van der Waals surface area contributed by atoms with Crippen molar-refractivity contribution < 1.29 is 9.53 Å². The van der Waals surface area contributed by atoms with Crippen molar-refractivity contribution >= 4 is 18.6 Å². The highest BCUT2D eigenvalue weighted by Crippen LogP contribution is 2.16. The Morgan fingerprint density at radius 1 is 1.70 bits per heavy atom. The maximum Gasteiger partial charge on any atom is 0.324 e. The van der Waals surface area contributed by atoms with E-state index in [0.29, 0.717) is 0 Å². The topological polar surface area (TPSA) is 52.3 Å². The first kappa shape index (κ1) is 9.78. The third-order valence-corrected chi connectivity index (χ3v) is 1.49. The fourth-order valence-electron chi connectivity index (χ4n) is 0.415. The third kappa shape index (κ3) is 2.58. The van der Waals surface area contributed by atoms with E-state index in [4.69, 9.17) is 5.73 Å². The van der Waals surface area contributed by atoms with E-state index in [0.717, 1.165) is 0 Å². The molecule has 0 aliphatic rings. The van der Waals surface area contributed by atoms with E-state index < -0.39 is 16.8 Å². The number of carbonyl (C=O) groups is 1. The predicted octanol–water partition coefficient (Wildman–Crippen LogP) is 0.195. The third-order valence-electron chi connectivity index (χ3n) is 1.22. The molecule has 0 saturated carbocycles. The Kier molecular flexibility index (Phi) is 3.18. The van der Waals surface area contributed by atoms with Crippen LogP contribution in [0.3, 0.4) is 0 Å². The lowest BCUT2D eigenvalue weighted by molar-refractivity contribution is -0.142. The van der Waals surface area contributed by atoms with E-state index in [2.05, 4.69) is 17.4 Å². The Labute approximate surface area is 66.3 Å². The molecule has 2 N–H and O–H groups in total. The first-order valence-corrected chi connectivity index (χ1v) is 3.40. The van der Waals surface area contributed by atoms with Crippen molar-refractivity contribution in [2.24, 2.45) is 5.73 Å². The maximum absolute atomic E-state index is 10.8. The van der Waals surface area contributed by atoms with Crippen LogP contribution in [0.4, 0.5) is 0 Å². The van der Waals surface area contributed by atoms with Crippen LogP contribution < -0.4 is 5.73 Å². The van der Waals surface area contributed by atoms with Crippen molar-refractivity contribution in [3.8, 4) is 0 Å². The number of ether oxygens (including phenoxy) is 1. The van der Waals surface area contributed by atoms with Crippen LogP contribution in [-0.2, 0) is 9.53 Å². The normalized spacial score (nSPS) is 14.5. The summed E-state index contributed by atoms with van der Waals surface area (Å²) in [5.41, 5.74) is 5.45. The molecule has 0 saturated heterocycles. The second-order valence-corrected chi connectivity index (χ2v) is 3.81. The van der Waals surface area contributed by atoms with Gasteiger partial charge in [0, 0.05) is 4.75 Å². The van der Waals surface area contributed by atoms with Gasteiger partial charge in [0.15, 0.2) is 0 Å². The SMILES string of the molecule is COC(=O)C(N)C(C)(C)S. The Hall–Kier alpha value is -0.220. The average molecular weight is 163 g/mol. The molecular weight excluding hydrogens is 150 g/mol. The molecule has 0 radical (unpaired) electrons. The second-order valence-electron chi connectivity index (χ2n) is 2.65. The number of nitrogens with two attached hydrogens (primary N) is 1. The molecule has 1 atom stereocenters. The first-order chi connectivity index (χ1) is 4.39. The van der Waals surface area contributed by atoms with Crippen LogP contribution in [0.2, 0.25) is 0 Å². The second kappa shape index (κ2) is 3.25. The van der Waals surface area contributed by atoms with Gasteiger partial charge in [-0.3, -0.25) is 4.79 Å². The van der Waals surface area contributed by atoms with Crippen molar-refractivity contribution in [3.05, 3.63) is 0 Å². The molecule has 1 unspecified atom stereocenters. The van der Waals surface area contributed by atoms with Crippen molar-refractivity contribution in [2.75, 3.05) is 7.11 Å². The van der Waals surface area contributed by atoms with Crippen LogP contribution in [-0.4, -0.2) is 23.9 Å². The molecule has 0 amide bonds. The Balaban J connectivity index is 4.08. The highest BCUT2D eigenvalue weighted by Gasteiger charge is 2.28. The lowest BCUT2D eigenvalue weighted by atomic mass is 10.1. The van der Waals surface area contributed by atoms with Gasteiger partial charge in [-0.05, 0) is 13.8 Å². The predicted molar refractivity (Wildman–Crippen MR) is 43.1 cm³/mol. The number of esters is 1. The van der Waals surface area contributed by atoms with Crippen molar-refractivity contribution in [1.82, 2.24) is 0 Å². The molecule has 4 heteroatoms. The molecule has 10 heavy (non-hydrogen) atoms. The van der Waals surface area contributed by atoms with E-state index in [1.165, 1.54) is 7.11 Å². The lowest BCUT2D eigenvalue weighted by Crippen LogP contribution is -2.45. The van der Waals surface area contributed by atoms with Gasteiger partial charge in [-0.1, -0.05) is 0 Å². The van der Waals surface area contributed by atoms with E-state index in [1.807, 2.05) is 0 Å². The van der Waals surface area contributed by atoms with Crippen LogP contribution >= 0.6 is 12.6 Å². The number of methoxy groups -OCH3 is 1. The summed E-state index contributed by atoms with van der Waals surface area (Å²) >= 11 is 4.12.